The summed E-state index contributed by atoms with van der Waals surface area (Å²) in [6.45, 7) is 0.905. The first-order valence-corrected chi connectivity index (χ1v) is 3.04. The van der Waals surface area contributed by atoms with Crippen molar-refractivity contribution in [1.29, 1.82) is 0 Å². The second kappa shape index (κ2) is 1.77. The Morgan fingerprint density at radius 3 is 1.86 bits per heavy atom. The highest BCUT2D eigenvalue weighted by molar-refractivity contribution is 7.86. The maximum Gasteiger partial charge on any atom is 0.140 e. The minimum atomic E-state index is -4.44. The Morgan fingerprint density at radius 1 is 1.71 bits per heavy atom. The summed E-state index contributed by atoms with van der Waals surface area (Å²) in [5.74, 6) is 0. The van der Waals surface area contributed by atoms with Crippen LogP contribution in [0.1, 0.15) is 6.92 Å². The average molecular weight is 125 g/mol. The molecule has 7 heavy (non-hydrogen) atoms. The second-order valence-electron chi connectivity index (χ2n) is 1.09. The largest absolute Gasteiger partial charge is 0.746 e. The summed E-state index contributed by atoms with van der Waals surface area (Å²) in [6.07, 6.45) is 0. The standard InChI is InChI=1S/C2H6O4S/c1-2(3)7(4,5)6/h2-3H,1H3,(H,4,5,6)/p-1/t2-/m1/s1. The van der Waals surface area contributed by atoms with Gasteiger partial charge >= 0.3 is 0 Å². The van der Waals surface area contributed by atoms with Crippen molar-refractivity contribution in [1.82, 2.24) is 0 Å². The van der Waals surface area contributed by atoms with E-state index in [1.54, 1.807) is 0 Å². The van der Waals surface area contributed by atoms with Crippen LogP contribution in [0.5, 0.6) is 0 Å². The highest BCUT2D eigenvalue weighted by atomic mass is 32.2. The summed E-state index contributed by atoms with van der Waals surface area (Å²) in [7, 11) is -4.44. The summed E-state index contributed by atoms with van der Waals surface area (Å²) in [6, 6.07) is 0. The van der Waals surface area contributed by atoms with E-state index in [-0.39, 0.29) is 0 Å². The van der Waals surface area contributed by atoms with Crippen LogP contribution in [0.3, 0.4) is 0 Å². The van der Waals surface area contributed by atoms with Crippen LogP contribution >= 0.6 is 0 Å². The summed E-state index contributed by atoms with van der Waals surface area (Å²) in [5.41, 5.74) is -1.78. The Hall–Kier alpha value is -0.130. The van der Waals surface area contributed by atoms with Crippen molar-refractivity contribution < 1.29 is 18.1 Å². The van der Waals surface area contributed by atoms with Crippen molar-refractivity contribution in [2.24, 2.45) is 0 Å². The molecular formula is C2H5O4S-. The zero-order chi connectivity index (χ0) is 6.08. The van der Waals surface area contributed by atoms with Gasteiger partial charge in [0.15, 0.2) is 0 Å². The molecule has 4 nitrogen and oxygen atoms in total. The Morgan fingerprint density at radius 2 is 1.86 bits per heavy atom. The van der Waals surface area contributed by atoms with Crippen molar-refractivity contribution >= 4 is 10.1 Å². The normalized spacial score (nSPS) is 16.4. The Balaban J connectivity index is 4.10. The van der Waals surface area contributed by atoms with E-state index in [4.69, 9.17) is 5.11 Å². The van der Waals surface area contributed by atoms with Gasteiger partial charge in [0, 0.05) is 0 Å². The van der Waals surface area contributed by atoms with Crippen molar-refractivity contribution in [2.75, 3.05) is 0 Å². The molecule has 1 atom stereocenters. The van der Waals surface area contributed by atoms with E-state index in [0.29, 0.717) is 0 Å². The number of rotatable bonds is 1. The molecular weight excluding hydrogens is 120 g/mol. The highest BCUT2D eigenvalue weighted by Gasteiger charge is 2.00. The van der Waals surface area contributed by atoms with Gasteiger partial charge in [-0.05, 0) is 6.92 Å². The van der Waals surface area contributed by atoms with Gasteiger partial charge in [-0.15, -0.1) is 0 Å². The van der Waals surface area contributed by atoms with E-state index in [1.165, 1.54) is 0 Å². The Labute approximate surface area is 41.5 Å². The maximum absolute atomic E-state index is 9.53. The van der Waals surface area contributed by atoms with Crippen molar-refractivity contribution in [2.45, 2.75) is 12.4 Å². The lowest BCUT2D eigenvalue weighted by atomic mass is 10.9. The molecule has 0 saturated carbocycles. The predicted molar refractivity (Wildman–Crippen MR) is 21.4 cm³/mol. The van der Waals surface area contributed by atoms with Crippen LogP contribution < -0.4 is 0 Å². The second-order valence-corrected chi connectivity index (χ2v) is 2.76. The van der Waals surface area contributed by atoms with Gasteiger partial charge in [0.25, 0.3) is 0 Å². The number of aliphatic hydroxyl groups excluding tert-OH is 1. The smallest absolute Gasteiger partial charge is 0.140 e. The van der Waals surface area contributed by atoms with Crippen molar-refractivity contribution in [3.05, 3.63) is 0 Å². The minimum absolute atomic E-state index is 0.905. The molecule has 0 spiro atoms. The third-order valence-electron chi connectivity index (χ3n) is 0.418. The Kier molecular flexibility index (Phi) is 1.74. The van der Waals surface area contributed by atoms with Crippen LogP contribution in [0.15, 0.2) is 0 Å². The molecule has 0 aliphatic heterocycles. The van der Waals surface area contributed by atoms with Gasteiger partial charge in [-0.2, -0.15) is 0 Å². The predicted octanol–water partition coefficient (Wildman–Crippen LogP) is -1.13. The quantitative estimate of drug-likeness (QED) is 0.450. The van der Waals surface area contributed by atoms with Gasteiger partial charge in [0.05, 0.1) is 0 Å². The third kappa shape index (κ3) is 2.55. The molecule has 0 aromatic carbocycles. The first kappa shape index (κ1) is 6.87. The summed E-state index contributed by atoms with van der Waals surface area (Å²) in [4.78, 5) is 0. The van der Waals surface area contributed by atoms with E-state index < -0.39 is 15.6 Å². The van der Waals surface area contributed by atoms with Gasteiger partial charge in [-0.25, -0.2) is 8.42 Å². The molecule has 1 N–H and O–H groups in total. The van der Waals surface area contributed by atoms with Crippen molar-refractivity contribution in [3.63, 3.8) is 0 Å². The Bertz CT molecular complexity index is 132. The molecule has 0 saturated heterocycles. The summed E-state index contributed by atoms with van der Waals surface area (Å²) in [5, 5.41) is 7.99. The zero-order valence-electron chi connectivity index (χ0n) is 3.66. The summed E-state index contributed by atoms with van der Waals surface area (Å²) >= 11 is 0. The molecule has 0 aromatic rings. The first-order valence-electron chi connectivity index (χ1n) is 1.57. The molecule has 0 amide bonds. The van der Waals surface area contributed by atoms with E-state index >= 15 is 0 Å². The third-order valence-corrected chi connectivity index (χ3v) is 1.25. The van der Waals surface area contributed by atoms with E-state index in [9.17, 15) is 13.0 Å². The lowest BCUT2D eigenvalue weighted by Gasteiger charge is -2.07. The van der Waals surface area contributed by atoms with E-state index in [0.717, 1.165) is 6.92 Å². The molecule has 0 radical (unpaired) electrons. The van der Waals surface area contributed by atoms with Crippen molar-refractivity contribution in [3.8, 4) is 0 Å². The van der Waals surface area contributed by atoms with Gasteiger partial charge in [-0.3, -0.25) is 0 Å². The fraction of sp³-hybridized carbons (Fsp3) is 1.00. The van der Waals surface area contributed by atoms with Gasteiger partial charge in [0.1, 0.15) is 15.6 Å². The molecule has 0 aliphatic rings. The molecule has 0 bridgehead atoms. The first-order chi connectivity index (χ1) is 2.94. The molecule has 5 heteroatoms. The minimum Gasteiger partial charge on any atom is -0.746 e. The maximum atomic E-state index is 9.53. The summed E-state index contributed by atoms with van der Waals surface area (Å²) < 4.78 is 28.6. The average Bonchev–Trinajstić information content (AvgIpc) is 1.31. The zero-order valence-corrected chi connectivity index (χ0v) is 4.47. The van der Waals surface area contributed by atoms with Crippen LogP contribution in [-0.4, -0.2) is 23.5 Å². The van der Waals surface area contributed by atoms with Crippen LogP contribution in [-0.2, 0) is 10.1 Å². The van der Waals surface area contributed by atoms with E-state index in [2.05, 4.69) is 0 Å². The molecule has 0 aromatic heterocycles. The van der Waals surface area contributed by atoms with Crippen LogP contribution in [0.2, 0.25) is 0 Å². The molecule has 0 heterocycles. The number of hydrogen-bond acceptors (Lipinski definition) is 4. The van der Waals surface area contributed by atoms with Crippen LogP contribution in [0.4, 0.5) is 0 Å². The molecule has 44 valence electrons. The molecule has 0 fully saturated rings. The number of aliphatic hydroxyl groups is 1. The number of hydrogen-bond donors (Lipinski definition) is 1. The van der Waals surface area contributed by atoms with E-state index in [1.807, 2.05) is 0 Å². The highest BCUT2D eigenvalue weighted by Crippen LogP contribution is 1.87. The monoisotopic (exact) mass is 125 g/mol. The molecule has 0 rings (SSSR count). The van der Waals surface area contributed by atoms with Gasteiger partial charge < -0.3 is 9.66 Å². The molecule has 0 unspecified atom stereocenters. The van der Waals surface area contributed by atoms with Crippen LogP contribution in [0.25, 0.3) is 0 Å². The van der Waals surface area contributed by atoms with Gasteiger partial charge in [-0.1, -0.05) is 0 Å². The lowest BCUT2D eigenvalue weighted by molar-refractivity contribution is 0.249. The van der Waals surface area contributed by atoms with Crippen LogP contribution in [0, 0.1) is 0 Å². The topological polar surface area (TPSA) is 77.4 Å². The lowest BCUT2D eigenvalue weighted by Crippen LogP contribution is -2.14. The van der Waals surface area contributed by atoms with Gasteiger partial charge in [0.2, 0.25) is 0 Å². The molecule has 0 aliphatic carbocycles. The fourth-order valence-corrected chi connectivity index (χ4v) is 0. The SMILES string of the molecule is C[C@H](O)S(=O)(=O)[O-]. The fourth-order valence-electron chi connectivity index (χ4n) is 0.